The molecule has 0 aliphatic heterocycles. The van der Waals surface area contributed by atoms with Crippen molar-refractivity contribution in [2.45, 2.75) is 33.6 Å². The summed E-state index contributed by atoms with van der Waals surface area (Å²) in [6.07, 6.45) is 4.88. The van der Waals surface area contributed by atoms with Crippen LogP contribution in [0, 0.1) is 18.8 Å². The van der Waals surface area contributed by atoms with Crippen molar-refractivity contribution in [3.8, 4) is 0 Å². The van der Waals surface area contributed by atoms with E-state index in [4.69, 9.17) is 11.6 Å². The molecule has 2 unspecified atom stereocenters. The molecule has 2 heteroatoms. The number of allylic oxidation sites excluding steroid dienone is 2. The molecule has 2 atom stereocenters. The number of rotatable bonds is 3. The Bertz CT molecular complexity index is 450. The molecule has 98 valence electrons. The van der Waals surface area contributed by atoms with Gasteiger partial charge in [-0.15, -0.1) is 0 Å². The van der Waals surface area contributed by atoms with E-state index in [0.717, 1.165) is 23.2 Å². The van der Waals surface area contributed by atoms with Gasteiger partial charge in [0.15, 0.2) is 0 Å². The third-order valence-corrected chi connectivity index (χ3v) is 3.92. The maximum absolute atomic E-state index is 6.20. The van der Waals surface area contributed by atoms with Crippen molar-refractivity contribution in [1.29, 1.82) is 0 Å². The highest BCUT2D eigenvalue weighted by Gasteiger charge is 2.17. The minimum Gasteiger partial charge on any atom is -0.384 e. The molecule has 0 fully saturated rings. The van der Waals surface area contributed by atoms with E-state index in [2.05, 4.69) is 38.2 Å². The predicted octanol–water partition coefficient (Wildman–Crippen LogP) is 5.05. The van der Waals surface area contributed by atoms with Crippen LogP contribution in [0.5, 0.6) is 0 Å². The Kier molecular flexibility index (Phi) is 4.34. The largest absolute Gasteiger partial charge is 0.384 e. The van der Waals surface area contributed by atoms with Crippen LogP contribution in [0.4, 0.5) is 5.69 Å². The third kappa shape index (κ3) is 3.52. The van der Waals surface area contributed by atoms with Crippen LogP contribution in [0.1, 0.15) is 32.3 Å². The fourth-order valence-electron chi connectivity index (χ4n) is 2.87. The van der Waals surface area contributed by atoms with Gasteiger partial charge in [0.25, 0.3) is 0 Å². The Labute approximate surface area is 115 Å². The van der Waals surface area contributed by atoms with E-state index in [1.165, 1.54) is 24.0 Å². The van der Waals surface area contributed by atoms with Crippen molar-refractivity contribution >= 4 is 17.3 Å². The van der Waals surface area contributed by atoms with Gasteiger partial charge in [-0.2, -0.15) is 0 Å². The second kappa shape index (κ2) is 5.79. The zero-order valence-corrected chi connectivity index (χ0v) is 12.2. The number of nitrogens with one attached hydrogen (secondary N) is 1. The summed E-state index contributed by atoms with van der Waals surface area (Å²) in [6, 6.07) is 6.13. The first-order valence-electron chi connectivity index (χ1n) is 6.72. The van der Waals surface area contributed by atoms with Crippen molar-refractivity contribution in [2.75, 3.05) is 11.9 Å². The average Bonchev–Trinajstić information content (AvgIpc) is 2.29. The first kappa shape index (κ1) is 13.5. The lowest BCUT2D eigenvalue weighted by molar-refractivity contribution is 0.421. The van der Waals surface area contributed by atoms with Crippen LogP contribution in [0.15, 0.2) is 29.8 Å². The molecule has 0 amide bonds. The molecule has 18 heavy (non-hydrogen) atoms. The highest BCUT2D eigenvalue weighted by atomic mass is 35.5. The molecule has 2 rings (SSSR count). The molecule has 1 aliphatic carbocycles. The lowest BCUT2D eigenvalue weighted by Crippen LogP contribution is -2.20. The number of halogens is 1. The van der Waals surface area contributed by atoms with Gasteiger partial charge in [0, 0.05) is 6.54 Å². The van der Waals surface area contributed by atoms with Gasteiger partial charge in [-0.3, -0.25) is 0 Å². The van der Waals surface area contributed by atoms with Crippen LogP contribution in [-0.4, -0.2) is 6.54 Å². The molecular formula is C16H22ClN. The van der Waals surface area contributed by atoms with Crippen molar-refractivity contribution < 1.29 is 0 Å². The van der Waals surface area contributed by atoms with Gasteiger partial charge in [-0.1, -0.05) is 36.2 Å². The molecule has 1 aliphatic rings. The van der Waals surface area contributed by atoms with E-state index >= 15 is 0 Å². The standard InChI is InChI=1S/C16H22ClN/c1-11-4-5-15(17)16(9-11)18-10-14-7-12(2)6-13(3)8-14/h4-6,9,12,14,18H,7-8,10H2,1-3H3. The highest BCUT2D eigenvalue weighted by molar-refractivity contribution is 6.33. The maximum atomic E-state index is 6.20. The number of hydrogen-bond donors (Lipinski definition) is 1. The quantitative estimate of drug-likeness (QED) is 0.753. The van der Waals surface area contributed by atoms with E-state index in [9.17, 15) is 0 Å². The molecule has 1 N–H and O–H groups in total. The number of aryl methyl sites for hydroxylation is 1. The predicted molar refractivity (Wildman–Crippen MR) is 80.3 cm³/mol. The van der Waals surface area contributed by atoms with Crippen LogP contribution in [0.3, 0.4) is 0 Å². The lowest BCUT2D eigenvalue weighted by atomic mass is 9.84. The summed E-state index contributed by atoms with van der Waals surface area (Å²) in [4.78, 5) is 0. The van der Waals surface area contributed by atoms with Gasteiger partial charge in [0.05, 0.1) is 10.7 Å². The first-order chi connectivity index (χ1) is 8.54. The fraction of sp³-hybridized carbons (Fsp3) is 0.500. The summed E-state index contributed by atoms with van der Waals surface area (Å²) in [5.41, 5.74) is 3.84. The van der Waals surface area contributed by atoms with Crippen LogP contribution in [-0.2, 0) is 0 Å². The molecule has 0 saturated carbocycles. The molecule has 0 aromatic heterocycles. The van der Waals surface area contributed by atoms with Crippen LogP contribution in [0.25, 0.3) is 0 Å². The van der Waals surface area contributed by atoms with Crippen LogP contribution in [0.2, 0.25) is 5.02 Å². The van der Waals surface area contributed by atoms with E-state index in [0.29, 0.717) is 5.92 Å². The van der Waals surface area contributed by atoms with E-state index < -0.39 is 0 Å². The Balaban J connectivity index is 1.96. The molecule has 0 radical (unpaired) electrons. The molecule has 0 spiro atoms. The van der Waals surface area contributed by atoms with Gasteiger partial charge in [0.2, 0.25) is 0 Å². The van der Waals surface area contributed by atoms with Crippen molar-refractivity contribution in [2.24, 2.45) is 11.8 Å². The number of hydrogen-bond acceptors (Lipinski definition) is 1. The summed E-state index contributed by atoms with van der Waals surface area (Å²) < 4.78 is 0. The second-order valence-electron chi connectivity index (χ2n) is 5.66. The smallest absolute Gasteiger partial charge is 0.0637 e. The molecular weight excluding hydrogens is 242 g/mol. The van der Waals surface area contributed by atoms with Gasteiger partial charge < -0.3 is 5.32 Å². The minimum absolute atomic E-state index is 0.707. The SMILES string of the molecule is CC1=CC(C)CC(CNc2cc(C)ccc2Cl)C1. The van der Waals surface area contributed by atoms with Gasteiger partial charge in [-0.05, 0) is 56.2 Å². The Morgan fingerprint density at radius 2 is 2.11 bits per heavy atom. The van der Waals surface area contributed by atoms with E-state index in [-0.39, 0.29) is 0 Å². The summed E-state index contributed by atoms with van der Waals surface area (Å²) >= 11 is 6.20. The third-order valence-electron chi connectivity index (χ3n) is 3.59. The minimum atomic E-state index is 0.707. The maximum Gasteiger partial charge on any atom is 0.0637 e. The zero-order chi connectivity index (χ0) is 13.1. The van der Waals surface area contributed by atoms with Crippen LogP contribution >= 0.6 is 11.6 Å². The van der Waals surface area contributed by atoms with Crippen molar-refractivity contribution in [3.05, 3.63) is 40.4 Å². The van der Waals surface area contributed by atoms with Crippen molar-refractivity contribution in [3.63, 3.8) is 0 Å². The molecule has 1 aromatic rings. The summed E-state index contributed by atoms with van der Waals surface area (Å²) in [5.74, 6) is 1.43. The molecule has 0 saturated heterocycles. The topological polar surface area (TPSA) is 12.0 Å². The number of benzene rings is 1. The Hall–Kier alpha value is -0.950. The Morgan fingerprint density at radius 1 is 1.33 bits per heavy atom. The molecule has 1 aromatic carbocycles. The molecule has 0 bridgehead atoms. The molecule has 1 nitrogen and oxygen atoms in total. The van der Waals surface area contributed by atoms with E-state index in [1.807, 2.05) is 12.1 Å². The number of anilines is 1. The Morgan fingerprint density at radius 3 is 2.83 bits per heavy atom. The lowest BCUT2D eigenvalue weighted by Gasteiger charge is -2.26. The highest BCUT2D eigenvalue weighted by Crippen LogP contribution is 2.29. The summed E-state index contributed by atoms with van der Waals surface area (Å²) in [6.45, 7) is 7.65. The van der Waals surface area contributed by atoms with Gasteiger partial charge >= 0.3 is 0 Å². The monoisotopic (exact) mass is 263 g/mol. The average molecular weight is 264 g/mol. The second-order valence-corrected chi connectivity index (χ2v) is 6.07. The molecule has 0 heterocycles. The van der Waals surface area contributed by atoms with Gasteiger partial charge in [-0.25, -0.2) is 0 Å². The fourth-order valence-corrected chi connectivity index (χ4v) is 3.05. The van der Waals surface area contributed by atoms with E-state index in [1.54, 1.807) is 0 Å². The first-order valence-corrected chi connectivity index (χ1v) is 7.09. The summed E-state index contributed by atoms with van der Waals surface area (Å²) in [5, 5.41) is 4.32. The van der Waals surface area contributed by atoms with Crippen molar-refractivity contribution in [1.82, 2.24) is 0 Å². The van der Waals surface area contributed by atoms with Gasteiger partial charge in [0.1, 0.15) is 0 Å². The normalized spacial score (nSPS) is 23.7. The summed E-state index contributed by atoms with van der Waals surface area (Å²) in [7, 11) is 0. The van der Waals surface area contributed by atoms with Crippen LogP contribution < -0.4 is 5.32 Å². The zero-order valence-electron chi connectivity index (χ0n) is 11.5.